The number of fused-ring (bicyclic) bond motifs is 3. The predicted molar refractivity (Wildman–Crippen MR) is 90.7 cm³/mol. The van der Waals surface area contributed by atoms with Crippen LogP contribution in [0.5, 0.6) is 0 Å². The van der Waals surface area contributed by atoms with E-state index in [-0.39, 0.29) is 24.3 Å². The van der Waals surface area contributed by atoms with Crippen molar-refractivity contribution in [2.75, 3.05) is 0 Å². The molecule has 7 heteroatoms. The molecule has 2 bridgehead atoms. The van der Waals surface area contributed by atoms with Gasteiger partial charge in [-0.1, -0.05) is 20.4 Å². The number of hydrogen-bond acceptors (Lipinski definition) is 7. The first-order chi connectivity index (χ1) is 12.0. The van der Waals surface area contributed by atoms with Crippen LogP contribution in [0.15, 0.2) is 23.8 Å². The Hall–Kier alpha value is -1.70. The average molecular weight is 366 g/mol. The molecule has 3 aliphatic rings. The van der Waals surface area contributed by atoms with Gasteiger partial charge >= 0.3 is 11.9 Å². The lowest BCUT2D eigenvalue weighted by molar-refractivity contribution is -0.209. The van der Waals surface area contributed by atoms with Crippen LogP contribution >= 0.6 is 0 Å². The summed E-state index contributed by atoms with van der Waals surface area (Å²) in [5, 5.41) is 21.4. The van der Waals surface area contributed by atoms with E-state index in [0.29, 0.717) is 5.57 Å². The standard InChI is InChI=1S/C19H26O7/c1-9(2)16(21)25-13-7-18(5)14(20)8-19(23,26-18)10(3)6-12-15(13)11(4)17(22)24-12/h6,9,12-15,20,23H,4,7-8H2,1-3,5H3/b10-6-/t12-,13-,14+,15+,18-,19-/m1/s1. The second-order valence-corrected chi connectivity index (χ2v) is 8.02. The Morgan fingerprint density at radius 2 is 2.08 bits per heavy atom. The fourth-order valence-corrected chi connectivity index (χ4v) is 3.88. The second kappa shape index (κ2) is 6.18. The van der Waals surface area contributed by atoms with Crippen LogP contribution in [0.4, 0.5) is 0 Å². The van der Waals surface area contributed by atoms with Gasteiger partial charge in [0.2, 0.25) is 0 Å². The summed E-state index contributed by atoms with van der Waals surface area (Å²) in [5.41, 5.74) is -0.496. The summed E-state index contributed by atoms with van der Waals surface area (Å²) in [6, 6.07) is 0. The summed E-state index contributed by atoms with van der Waals surface area (Å²) < 4.78 is 16.9. The SMILES string of the molecule is C=C1C(=O)O[C@@H]2/C=C(/C)[C@@]3(O)C[C@H](O)[C@@](C)(C[C@@H](OC(=O)C(C)C)[C@@H]12)O3. The van der Waals surface area contributed by atoms with Crippen molar-refractivity contribution in [3.8, 4) is 0 Å². The molecule has 7 nitrogen and oxygen atoms in total. The van der Waals surface area contributed by atoms with Gasteiger partial charge in [0, 0.05) is 18.4 Å². The molecule has 3 rings (SSSR count). The number of hydrogen-bond donors (Lipinski definition) is 2. The van der Waals surface area contributed by atoms with E-state index < -0.39 is 47.6 Å². The normalized spacial score (nSPS) is 44.5. The average Bonchev–Trinajstić information content (AvgIpc) is 2.93. The van der Waals surface area contributed by atoms with Crippen LogP contribution in [0, 0.1) is 11.8 Å². The Bertz CT molecular complexity index is 681. The van der Waals surface area contributed by atoms with Crippen molar-refractivity contribution >= 4 is 11.9 Å². The quantitative estimate of drug-likeness (QED) is 0.430. The molecular formula is C19H26O7. The van der Waals surface area contributed by atoms with Gasteiger partial charge in [-0.15, -0.1) is 0 Å². The minimum atomic E-state index is -1.66. The molecule has 0 saturated carbocycles. The Labute approximate surface area is 152 Å². The molecule has 0 radical (unpaired) electrons. The molecule has 26 heavy (non-hydrogen) atoms. The summed E-state index contributed by atoms with van der Waals surface area (Å²) in [4.78, 5) is 24.3. The fraction of sp³-hybridized carbons (Fsp3) is 0.684. The Kier molecular flexibility index (Phi) is 4.53. The van der Waals surface area contributed by atoms with E-state index in [1.54, 1.807) is 33.8 Å². The van der Waals surface area contributed by atoms with Crippen LogP contribution in [-0.2, 0) is 23.8 Å². The fourth-order valence-electron chi connectivity index (χ4n) is 3.88. The number of carbonyl (C=O) groups excluding carboxylic acids is 2. The molecule has 0 aliphatic carbocycles. The maximum atomic E-state index is 12.2. The van der Waals surface area contributed by atoms with E-state index in [9.17, 15) is 19.8 Å². The van der Waals surface area contributed by atoms with Gasteiger partial charge in [-0.3, -0.25) is 4.79 Å². The van der Waals surface area contributed by atoms with Gasteiger partial charge in [-0.05, 0) is 25.5 Å². The van der Waals surface area contributed by atoms with Gasteiger partial charge in [0.25, 0.3) is 0 Å². The van der Waals surface area contributed by atoms with E-state index in [1.165, 1.54) is 0 Å². The number of aliphatic hydroxyl groups excluding tert-OH is 1. The van der Waals surface area contributed by atoms with Crippen LogP contribution < -0.4 is 0 Å². The summed E-state index contributed by atoms with van der Waals surface area (Å²) in [5.74, 6) is -3.60. The van der Waals surface area contributed by atoms with Crippen LogP contribution in [-0.4, -0.2) is 51.9 Å². The largest absolute Gasteiger partial charge is 0.461 e. The van der Waals surface area contributed by atoms with Crippen molar-refractivity contribution in [3.05, 3.63) is 23.8 Å². The second-order valence-electron chi connectivity index (χ2n) is 8.02. The molecule has 0 aromatic heterocycles. The van der Waals surface area contributed by atoms with Gasteiger partial charge < -0.3 is 24.4 Å². The number of ether oxygens (including phenoxy) is 3. The molecule has 0 aromatic carbocycles. The first kappa shape index (κ1) is 19.1. The number of rotatable bonds is 2. The van der Waals surface area contributed by atoms with Crippen LogP contribution in [0.25, 0.3) is 0 Å². The smallest absolute Gasteiger partial charge is 0.334 e. The Morgan fingerprint density at radius 3 is 2.69 bits per heavy atom. The molecule has 2 saturated heterocycles. The zero-order valence-electron chi connectivity index (χ0n) is 15.5. The van der Waals surface area contributed by atoms with Crippen molar-refractivity contribution in [2.45, 2.75) is 70.2 Å². The third-order valence-electron chi connectivity index (χ3n) is 5.61. The molecule has 0 amide bonds. The van der Waals surface area contributed by atoms with E-state index >= 15 is 0 Å². The topological polar surface area (TPSA) is 102 Å². The predicted octanol–water partition coefficient (Wildman–Crippen LogP) is 1.23. The van der Waals surface area contributed by atoms with Gasteiger partial charge in [-0.25, -0.2) is 4.79 Å². The van der Waals surface area contributed by atoms with Crippen molar-refractivity contribution < 1.29 is 34.0 Å². The molecule has 3 aliphatic heterocycles. The molecule has 0 aromatic rings. The number of esters is 2. The molecule has 2 fully saturated rings. The highest BCUT2D eigenvalue weighted by molar-refractivity contribution is 5.91. The van der Waals surface area contributed by atoms with Crippen LogP contribution in [0.1, 0.15) is 40.5 Å². The lowest BCUT2D eigenvalue weighted by Gasteiger charge is -2.34. The molecule has 2 N–H and O–H groups in total. The summed E-state index contributed by atoms with van der Waals surface area (Å²) in [6.07, 6.45) is -0.763. The van der Waals surface area contributed by atoms with E-state index in [0.717, 1.165) is 0 Å². The van der Waals surface area contributed by atoms with E-state index in [1.807, 2.05) is 0 Å². The van der Waals surface area contributed by atoms with Crippen molar-refractivity contribution in [1.29, 1.82) is 0 Å². The summed E-state index contributed by atoms with van der Waals surface area (Å²) in [7, 11) is 0. The molecule has 144 valence electrons. The monoisotopic (exact) mass is 366 g/mol. The van der Waals surface area contributed by atoms with Crippen molar-refractivity contribution in [2.24, 2.45) is 11.8 Å². The molecule has 6 atom stereocenters. The number of carbonyl (C=O) groups is 2. The highest BCUT2D eigenvalue weighted by Crippen LogP contribution is 2.48. The zero-order chi connectivity index (χ0) is 19.4. The molecular weight excluding hydrogens is 340 g/mol. The third kappa shape index (κ3) is 2.98. The minimum absolute atomic E-state index is 0.0110. The molecule has 0 spiro atoms. The minimum Gasteiger partial charge on any atom is -0.461 e. The van der Waals surface area contributed by atoms with Crippen molar-refractivity contribution in [1.82, 2.24) is 0 Å². The summed E-state index contributed by atoms with van der Waals surface area (Å²) in [6.45, 7) is 10.6. The van der Waals surface area contributed by atoms with Crippen LogP contribution in [0.2, 0.25) is 0 Å². The first-order valence-electron chi connectivity index (χ1n) is 8.86. The highest BCUT2D eigenvalue weighted by atomic mass is 16.7. The summed E-state index contributed by atoms with van der Waals surface area (Å²) >= 11 is 0. The lowest BCUT2D eigenvalue weighted by Crippen LogP contribution is -2.45. The Balaban J connectivity index is 2.06. The number of aliphatic hydroxyl groups is 2. The highest BCUT2D eigenvalue weighted by Gasteiger charge is 2.58. The zero-order valence-corrected chi connectivity index (χ0v) is 15.5. The maximum absolute atomic E-state index is 12.2. The molecule has 3 heterocycles. The van der Waals surface area contributed by atoms with E-state index in [4.69, 9.17) is 14.2 Å². The van der Waals surface area contributed by atoms with Gasteiger partial charge in [-0.2, -0.15) is 0 Å². The van der Waals surface area contributed by atoms with Crippen molar-refractivity contribution in [3.63, 3.8) is 0 Å². The van der Waals surface area contributed by atoms with Gasteiger partial charge in [0.15, 0.2) is 5.79 Å². The van der Waals surface area contributed by atoms with Gasteiger partial charge in [0.05, 0.1) is 23.5 Å². The van der Waals surface area contributed by atoms with E-state index in [2.05, 4.69) is 6.58 Å². The maximum Gasteiger partial charge on any atom is 0.334 e. The Morgan fingerprint density at radius 1 is 1.42 bits per heavy atom. The lowest BCUT2D eigenvalue weighted by atomic mass is 9.80. The molecule has 0 unspecified atom stereocenters. The van der Waals surface area contributed by atoms with Gasteiger partial charge in [0.1, 0.15) is 12.2 Å². The third-order valence-corrected chi connectivity index (χ3v) is 5.61. The first-order valence-corrected chi connectivity index (χ1v) is 8.86. The van der Waals surface area contributed by atoms with Crippen LogP contribution in [0.3, 0.4) is 0 Å².